The minimum atomic E-state index is -0.00167. The molecular weight excluding hydrogens is 328 g/mol. The molecule has 3 aromatic rings. The minimum Gasteiger partial charge on any atom is -0.363 e. The molecule has 0 saturated carbocycles. The van der Waals surface area contributed by atoms with Crippen LogP contribution in [0.5, 0.6) is 0 Å². The Balaban J connectivity index is 1.77. The van der Waals surface area contributed by atoms with Gasteiger partial charge in [-0.15, -0.1) is 0 Å². The fourth-order valence-corrected chi connectivity index (χ4v) is 3.72. The lowest BCUT2D eigenvalue weighted by Gasteiger charge is -2.27. The Kier molecular flexibility index (Phi) is 4.24. The first-order valence-corrected chi connectivity index (χ1v) is 8.91. The Labute approximate surface area is 152 Å². The van der Waals surface area contributed by atoms with Crippen molar-refractivity contribution in [2.75, 3.05) is 4.90 Å². The van der Waals surface area contributed by atoms with Crippen LogP contribution in [-0.2, 0) is 6.42 Å². The van der Waals surface area contributed by atoms with Crippen molar-refractivity contribution in [3.8, 4) is 0 Å². The number of rotatable bonds is 4. The lowest BCUT2D eigenvalue weighted by molar-refractivity contribution is 0.558. The van der Waals surface area contributed by atoms with Gasteiger partial charge in [0.2, 0.25) is 0 Å². The average molecular weight is 348 g/mol. The largest absolute Gasteiger partial charge is 0.363 e. The molecule has 1 aliphatic rings. The molecular formula is C20H20N4S. The third-order valence-electron chi connectivity index (χ3n) is 4.66. The first-order valence-electron chi connectivity index (χ1n) is 8.51. The summed E-state index contributed by atoms with van der Waals surface area (Å²) in [7, 11) is 0. The number of hydrogen-bond donors (Lipinski definition) is 2. The average Bonchev–Trinajstić information content (AvgIpc) is 3.30. The van der Waals surface area contributed by atoms with Crippen molar-refractivity contribution in [1.82, 2.24) is 15.3 Å². The van der Waals surface area contributed by atoms with Crippen LogP contribution in [0.15, 0.2) is 67.0 Å². The molecule has 2 N–H and O–H groups in total. The lowest BCUT2D eigenvalue weighted by atomic mass is 10.0. The highest BCUT2D eigenvalue weighted by molar-refractivity contribution is 7.80. The van der Waals surface area contributed by atoms with Crippen molar-refractivity contribution < 1.29 is 0 Å². The summed E-state index contributed by atoms with van der Waals surface area (Å²) in [5, 5.41) is 4.18. The smallest absolute Gasteiger partial charge is 0.174 e. The summed E-state index contributed by atoms with van der Waals surface area (Å²) in [6.45, 7) is 2.16. The maximum atomic E-state index is 5.68. The molecule has 0 amide bonds. The van der Waals surface area contributed by atoms with Crippen molar-refractivity contribution in [3.63, 3.8) is 0 Å². The molecule has 5 heteroatoms. The Morgan fingerprint density at radius 1 is 1.08 bits per heavy atom. The Hall–Kier alpha value is -2.66. The fourth-order valence-electron chi connectivity index (χ4n) is 3.37. The number of anilines is 1. The normalized spacial score (nSPS) is 19.9. The van der Waals surface area contributed by atoms with Crippen molar-refractivity contribution in [1.29, 1.82) is 0 Å². The van der Waals surface area contributed by atoms with Gasteiger partial charge >= 0.3 is 0 Å². The second kappa shape index (κ2) is 6.69. The second-order valence-corrected chi connectivity index (χ2v) is 6.53. The predicted octanol–water partition coefficient (Wildman–Crippen LogP) is 4.15. The van der Waals surface area contributed by atoms with Crippen LogP contribution in [0.4, 0.5) is 5.69 Å². The molecule has 1 fully saturated rings. The van der Waals surface area contributed by atoms with E-state index in [1.807, 2.05) is 36.7 Å². The molecule has 4 rings (SSSR count). The number of pyridine rings is 1. The zero-order chi connectivity index (χ0) is 17.2. The quantitative estimate of drug-likeness (QED) is 0.695. The van der Waals surface area contributed by atoms with E-state index in [0.29, 0.717) is 0 Å². The highest BCUT2D eigenvalue weighted by Crippen LogP contribution is 2.40. The Morgan fingerprint density at radius 2 is 1.92 bits per heavy atom. The van der Waals surface area contributed by atoms with Crippen LogP contribution < -0.4 is 10.2 Å². The summed E-state index contributed by atoms with van der Waals surface area (Å²) >= 11 is 5.68. The first kappa shape index (κ1) is 15.8. The summed E-state index contributed by atoms with van der Waals surface area (Å²) in [4.78, 5) is 10.1. The highest BCUT2D eigenvalue weighted by Gasteiger charge is 2.41. The van der Waals surface area contributed by atoms with Gasteiger partial charge in [-0.1, -0.05) is 25.1 Å². The maximum Gasteiger partial charge on any atom is 0.174 e. The Morgan fingerprint density at radius 3 is 2.56 bits per heavy atom. The van der Waals surface area contributed by atoms with Gasteiger partial charge < -0.3 is 15.2 Å². The van der Waals surface area contributed by atoms with Gasteiger partial charge in [0.05, 0.1) is 11.7 Å². The van der Waals surface area contributed by atoms with Gasteiger partial charge in [0.15, 0.2) is 5.11 Å². The molecule has 2 aromatic heterocycles. The maximum absolute atomic E-state index is 5.68. The van der Waals surface area contributed by atoms with Gasteiger partial charge in [0.25, 0.3) is 0 Å². The SMILES string of the molecule is CCc1ccc(N2C(=S)N[C@@H](c3ccccn3)[C@H]2c2ccc[nH]2)cc1. The van der Waals surface area contributed by atoms with Crippen LogP contribution in [0.1, 0.15) is 36.0 Å². The summed E-state index contributed by atoms with van der Waals surface area (Å²) in [5.41, 5.74) is 4.51. The number of benzene rings is 1. The molecule has 4 nitrogen and oxygen atoms in total. The van der Waals surface area contributed by atoms with E-state index in [4.69, 9.17) is 12.2 Å². The van der Waals surface area contributed by atoms with Gasteiger partial charge in [0.1, 0.15) is 6.04 Å². The number of aromatic amines is 1. The van der Waals surface area contributed by atoms with Crippen molar-refractivity contribution in [3.05, 3.63) is 83.9 Å². The molecule has 1 saturated heterocycles. The molecule has 1 aliphatic heterocycles. The summed E-state index contributed by atoms with van der Waals surface area (Å²) in [6, 6.07) is 18.7. The van der Waals surface area contributed by atoms with Crippen LogP contribution in [0.2, 0.25) is 0 Å². The third kappa shape index (κ3) is 2.91. The van der Waals surface area contributed by atoms with Crippen LogP contribution in [0.3, 0.4) is 0 Å². The van der Waals surface area contributed by atoms with Crippen LogP contribution in [0, 0.1) is 0 Å². The number of H-pyrrole nitrogens is 1. The van der Waals surface area contributed by atoms with E-state index in [9.17, 15) is 0 Å². The van der Waals surface area contributed by atoms with Gasteiger partial charge in [-0.25, -0.2) is 0 Å². The third-order valence-corrected chi connectivity index (χ3v) is 4.98. The molecule has 0 spiro atoms. The molecule has 0 unspecified atom stereocenters. The number of hydrogen-bond acceptors (Lipinski definition) is 2. The van der Waals surface area contributed by atoms with Crippen molar-refractivity contribution in [2.24, 2.45) is 0 Å². The van der Waals surface area contributed by atoms with E-state index in [2.05, 4.69) is 57.4 Å². The highest BCUT2D eigenvalue weighted by atomic mass is 32.1. The second-order valence-electron chi connectivity index (χ2n) is 6.14. The number of thiocarbonyl (C=S) groups is 1. The van der Waals surface area contributed by atoms with Crippen LogP contribution in [-0.4, -0.2) is 15.1 Å². The molecule has 25 heavy (non-hydrogen) atoms. The number of aryl methyl sites for hydroxylation is 1. The van der Waals surface area contributed by atoms with E-state index in [0.717, 1.165) is 28.6 Å². The van der Waals surface area contributed by atoms with E-state index < -0.39 is 0 Å². The zero-order valence-corrected chi connectivity index (χ0v) is 14.8. The molecule has 0 radical (unpaired) electrons. The summed E-state index contributed by atoms with van der Waals surface area (Å²) in [5.74, 6) is 0. The van der Waals surface area contributed by atoms with Crippen molar-refractivity contribution in [2.45, 2.75) is 25.4 Å². The summed E-state index contributed by atoms with van der Waals surface area (Å²) in [6.07, 6.45) is 4.80. The van der Waals surface area contributed by atoms with Crippen LogP contribution >= 0.6 is 12.2 Å². The monoisotopic (exact) mass is 348 g/mol. The molecule has 3 heterocycles. The molecule has 1 aromatic carbocycles. The van der Waals surface area contributed by atoms with Gasteiger partial charge in [0, 0.05) is 23.8 Å². The number of nitrogens with zero attached hydrogens (tertiary/aromatic N) is 2. The first-order chi connectivity index (χ1) is 12.3. The van der Waals surface area contributed by atoms with Crippen LogP contribution in [0.25, 0.3) is 0 Å². The van der Waals surface area contributed by atoms with Gasteiger partial charge in [-0.05, 0) is 60.6 Å². The number of aromatic nitrogens is 2. The lowest BCUT2D eigenvalue weighted by Crippen LogP contribution is -2.29. The van der Waals surface area contributed by atoms with E-state index in [1.165, 1.54) is 5.56 Å². The van der Waals surface area contributed by atoms with E-state index in [-0.39, 0.29) is 12.1 Å². The fraction of sp³-hybridized carbons (Fsp3) is 0.200. The van der Waals surface area contributed by atoms with E-state index in [1.54, 1.807) is 0 Å². The molecule has 2 atom stereocenters. The van der Waals surface area contributed by atoms with E-state index >= 15 is 0 Å². The Bertz CT molecular complexity index is 843. The van der Waals surface area contributed by atoms with Crippen molar-refractivity contribution >= 4 is 23.0 Å². The van der Waals surface area contributed by atoms with Gasteiger partial charge in [-0.2, -0.15) is 0 Å². The molecule has 0 bridgehead atoms. The molecule has 126 valence electrons. The zero-order valence-electron chi connectivity index (χ0n) is 14.0. The van der Waals surface area contributed by atoms with Gasteiger partial charge in [-0.3, -0.25) is 4.98 Å². The number of nitrogens with one attached hydrogen (secondary N) is 2. The minimum absolute atomic E-state index is 0.00167. The topological polar surface area (TPSA) is 44.0 Å². The molecule has 0 aliphatic carbocycles. The standard InChI is InChI=1S/C20H20N4S/c1-2-14-8-10-15(11-9-14)24-19(17-7-5-13-22-17)18(23-20(24)25)16-6-3-4-12-21-16/h3-13,18-19,22H,2H2,1H3,(H,23,25)/t18-,19+/m0/s1. The summed E-state index contributed by atoms with van der Waals surface area (Å²) < 4.78 is 0. The predicted molar refractivity (Wildman–Crippen MR) is 105 cm³/mol.